The zero-order chi connectivity index (χ0) is 19.1. The number of benzene rings is 2. The van der Waals surface area contributed by atoms with Crippen molar-refractivity contribution >= 4 is 29.1 Å². The van der Waals surface area contributed by atoms with Crippen LogP contribution >= 0.6 is 0 Å². The molecule has 2 aromatic carbocycles. The van der Waals surface area contributed by atoms with Gasteiger partial charge in [0.1, 0.15) is 5.75 Å². The van der Waals surface area contributed by atoms with Crippen molar-refractivity contribution in [2.75, 3.05) is 24.3 Å². The second-order valence-electron chi connectivity index (χ2n) is 5.61. The molecule has 0 spiro atoms. The van der Waals surface area contributed by atoms with Crippen LogP contribution in [0.15, 0.2) is 48.5 Å². The number of carbonyl (C=O) groups is 3. The number of nitrogens with one attached hydrogen (secondary N) is 1. The number of hydrogen-bond donors (Lipinski definition) is 2. The molecule has 7 nitrogen and oxygen atoms in total. The summed E-state index contributed by atoms with van der Waals surface area (Å²) in [5, 5.41) is 2.54. The van der Waals surface area contributed by atoms with Crippen molar-refractivity contribution in [3.8, 4) is 5.75 Å². The van der Waals surface area contributed by atoms with Gasteiger partial charge in [-0.2, -0.15) is 0 Å². The molecule has 0 aliphatic carbocycles. The van der Waals surface area contributed by atoms with Crippen LogP contribution in [0.5, 0.6) is 5.75 Å². The highest BCUT2D eigenvalue weighted by Gasteiger charge is 2.26. The summed E-state index contributed by atoms with van der Waals surface area (Å²) in [5.74, 6) is -1.58. The molecule has 0 aliphatic heterocycles. The van der Waals surface area contributed by atoms with Crippen molar-refractivity contribution in [3.63, 3.8) is 0 Å². The molecule has 3 amide bonds. The second-order valence-corrected chi connectivity index (χ2v) is 5.61. The van der Waals surface area contributed by atoms with Crippen molar-refractivity contribution in [2.24, 2.45) is 0 Å². The Morgan fingerprint density at radius 3 is 2.19 bits per heavy atom. The smallest absolute Gasteiger partial charge is 0.323 e. The molecular formula is C19H21N3O4. The molecule has 0 aliphatic rings. The van der Waals surface area contributed by atoms with Crippen molar-refractivity contribution in [1.29, 1.82) is 0 Å². The normalized spacial score (nSPS) is 10.1. The average Bonchev–Trinajstić information content (AvgIpc) is 2.63. The number of imide groups is 1. The van der Waals surface area contributed by atoms with Crippen LogP contribution in [0, 0.1) is 0 Å². The molecule has 0 bridgehead atoms. The maximum atomic E-state index is 12.3. The number of methoxy groups -OCH3 is 1. The summed E-state index contributed by atoms with van der Waals surface area (Å²) in [6.07, 6.45) is 0.547. The summed E-state index contributed by atoms with van der Waals surface area (Å²) in [6.45, 7) is 1.49. The summed E-state index contributed by atoms with van der Waals surface area (Å²) in [6, 6.07) is 13.5. The summed E-state index contributed by atoms with van der Waals surface area (Å²) in [7, 11) is 1.59. The van der Waals surface area contributed by atoms with E-state index in [2.05, 4.69) is 5.32 Å². The van der Waals surface area contributed by atoms with E-state index in [1.54, 1.807) is 19.2 Å². The number of nitrogens with two attached hydrogens (primary N) is 1. The Labute approximate surface area is 151 Å². The molecule has 7 heteroatoms. The number of amides is 3. The van der Waals surface area contributed by atoms with Gasteiger partial charge in [-0.3, -0.25) is 14.4 Å². The van der Waals surface area contributed by atoms with Gasteiger partial charge in [-0.25, -0.2) is 4.90 Å². The third kappa shape index (κ3) is 4.83. The van der Waals surface area contributed by atoms with Crippen LogP contribution in [-0.4, -0.2) is 31.4 Å². The van der Waals surface area contributed by atoms with E-state index >= 15 is 0 Å². The minimum absolute atomic E-state index is 0.268. The quantitative estimate of drug-likeness (QED) is 0.625. The van der Waals surface area contributed by atoms with Gasteiger partial charge in [0.2, 0.25) is 5.91 Å². The van der Waals surface area contributed by atoms with E-state index in [0.717, 1.165) is 16.2 Å². The molecule has 0 radical (unpaired) electrons. The minimum atomic E-state index is -0.933. The Morgan fingerprint density at radius 1 is 1.04 bits per heavy atom. The van der Waals surface area contributed by atoms with Gasteiger partial charge >= 0.3 is 11.8 Å². The first-order valence-electron chi connectivity index (χ1n) is 8.03. The number of nitrogens with zero attached hydrogens (tertiary/aromatic N) is 1. The van der Waals surface area contributed by atoms with Gasteiger partial charge in [-0.15, -0.1) is 0 Å². The number of anilines is 2. The molecule has 0 heterocycles. The lowest BCUT2D eigenvalue weighted by Gasteiger charge is -2.18. The first-order valence-corrected chi connectivity index (χ1v) is 8.03. The van der Waals surface area contributed by atoms with Crippen molar-refractivity contribution in [2.45, 2.75) is 13.3 Å². The first-order chi connectivity index (χ1) is 12.4. The van der Waals surface area contributed by atoms with Crippen LogP contribution in [0.3, 0.4) is 0 Å². The molecule has 0 saturated heterocycles. The standard InChI is InChI=1S/C19H21N3O4/c1-13(23)22(16-7-5-15(20)6-8-16)19(25)18(24)21-12-11-14-3-9-17(26-2)10-4-14/h3-10H,11-12,20H2,1-2H3,(H,21,24). The summed E-state index contributed by atoms with van der Waals surface area (Å²) >= 11 is 0. The SMILES string of the molecule is COc1ccc(CCNC(=O)C(=O)N(C(C)=O)c2ccc(N)cc2)cc1. The van der Waals surface area contributed by atoms with Gasteiger partial charge < -0.3 is 15.8 Å². The van der Waals surface area contributed by atoms with Gasteiger partial charge in [0, 0.05) is 19.2 Å². The highest BCUT2D eigenvalue weighted by Crippen LogP contribution is 2.17. The van der Waals surface area contributed by atoms with Crippen LogP contribution in [-0.2, 0) is 20.8 Å². The number of carbonyl (C=O) groups excluding carboxylic acids is 3. The van der Waals surface area contributed by atoms with Gasteiger partial charge in [0.25, 0.3) is 0 Å². The third-order valence-corrected chi connectivity index (χ3v) is 3.72. The summed E-state index contributed by atoms with van der Waals surface area (Å²) < 4.78 is 5.08. The predicted molar refractivity (Wildman–Crippen MR) is 98.7 cm³/mol. The van der Waals surface area contributed by atoms with E-state index in [-0.39, 0.29) is 6.54 Å². The van der Waals surface area contributed by atoms with E-state index in [1.165, 1.54) is 19.1 Å². The largest absolute Gasteiger partial charge is 0.497 e. The number of rotatable bonds is 5. The molecule has 0 unspecified atom stereocenters. The van der Waals surface area contributed by atoms with E-state index in [9.17, 15) is 14.4 Å². The van der Waals surface area contributed by atoms with E-state index in [4.69, 9.17) is 10.5 Å². The Hall–Kier alpha value is -3.35. The van der Waals surface area contributed by atoms with Gasteiger partial charge in [0.15, 0.2) is 0 Å². The molecule has 0 atom stereocenters. The zero-order valence-corrected chi connectivity index (χ0v) is 14.7. The Kier molecular flexibility index (Phi) is 6.32. The topological polar surface area (TPSA) is 102 Å². The molecule has 0 saturated carbocycles. The van der Waals surface area contributed by atoms with Crippen LogP contribution in [0.1, 0.15) is 12.5 Å². The van der Waals surface area contributed by atoms with Crippen LogP contribution in [0.4, 0.5) is 11.4 Å². The number of ether oxygens (including phenoxy) is 1. The molecule has 136 valence electrons. The monoisotopic (exact) mass is 355 g/mol. The van der Waals surface area contributed by atoms with E-state index < -0.39 is 17.7 Å². The van der Waals surface area contributed by atoms with E-state index in [1.807, 2.05) is 24.3 Å². The third-order valence-electron chi connectivity index (χ3n) is 3.72. The van der Waals surface area contributed by atoms with Crippen LogP contribution in [0.2, 0.25) is 0 Å². The summed E-state index contributed by atoms with van der Waals surface area (Å²) in [5.41, 5.74) is 7.38. The number of nitrogen functional groups attached to an aromatic ring is 1. The zero-order valence-electron chi connectivity index (χ0n) is 14.7. The van der Waals surface area contributed by atoms with Gasteiger partial charge in [-0.1, -0.05) is 12.1 Å². The highest BCUT2D eigenvalue weighted by atomic mass is 16.5. The second kappa shape index (κ2) is 8.66. The fourth-order valence-electron chi connectivity index (χ4n) is 2.36. The van der Waals surface area contributed by atoms with Gasteiger partial charge in [-0.05, 0) is 48.4 Å². The summed E-state index contributed by atoms with van der Waals surface area (Å²) in [4.78, 5) is 37.1. The van der Waals surface area contributed by atoms with E-state index in [0.29, 0.717) is 17.8 Å². The average molecular weight is 355 g/mol. The lowest BCUT2D eigenvalue weighted by Crippen LogP contribution is -2.45. The highest BCUT2D eigenvalue weighted by molar-refractivity contribution is 6.45. The molecule has 0 fully saturated rings. The molecule has 3 N–H and O–H groups in total. The fraction of sp³-hybridized carbons (Fsp3) is 0.211. The Bertz CT molecular complexity index is 785. The molecule has 0 aromatic heterocycles. The van der Waals surface area contributed by atoms with Crippen molar-refractivity contribution in [3.05, 3.63) is 54.1 Å². The Balaban J connectivity index is 1.96. The lowest BCUT2D eigenvalue weighted by atomic mass is 10.1. The molecule has 2 rings (SSSR count). The maximum Gasteiger partial charge on any atom is 0.323 e. The molecule has 26 heavy (non-hydrogen) atoms. The lowest BCUT2D eigenvalue weighted by molar-refractivity contribution is -0.139. The van der Waals surface area contributed by atoms with Crippen LogP contribution in [0.25, 0.3) is 0 Å². The first kappa shape index (κ1) is 19.0. The fourth-order valence-corrected chi connectivity index (χ4v) is 2.36. The molecule has 2 aromatic rings. The predicted octanol–water partition coefficient (Wildman–Crippen LogP) is 1.52. The maximum absolute atomic E-state index is 12.3. The van der Waals surface area contributed by atoms with Crippen molar-refractivity contribution in [1.82, 2.24) is 5.32 Å². The minimum Gasteiger partial charge on any atom is -0.497 e. The Morgan fingerprint density at radius 2 is 1.65 bits per heavy atom. The van der Waals surface area contributed by atoms with Crippen LogP contribution < -0.4 is 20.7 Å². The molecular weight excluding hydrogens is 334 g/mol. The number of hydrogen-bond acceptors (Lipinski definition) is 5. The van der Waals surface area contributed by atoms with Crippen molar-refractivity contribution < 1.29 is 19.1 Å². The van der Waals surface area contributed by atoms with Gasteiger partial charge in [0.05, 0.1) is 12.8 Å².